The van der Waals surface area contributed by atoms with Gasteiger partial charge in [-0.2, -0.15) is 0 Å². The van der Waals surface area contributed by atoms with Crippen molar-refractivity contribution < 1.29 is 5.11 Å². The number of aliphatic hydroxyl groups is 1. The van der Waals surface area contributed by atoms with Crippen LogP contribution >= 0.6 is 0 Å². The molecule has 4 aliphatic carbocycles. The van der Waals surface area contributed by atoms with Crippen molar-refractivity contribution >= 4 is 0 Å². The molecule has 0 bridgehead atoms. The first kappa shape index (κ1) is 22.9. The van der Waals surface area contributed by atoms with E-state index in [0.29, 0.717) is 22.2 Å². The highest BCUT2D eigenvalue weighted by atomic mass is 16.3. The lowest BCUT2D eigenvalue weighted by molar-refractivity contribution is -0.221. The molecule has 4 rings (SSSR count). The fourth-order valence-corrected chi connectivity index (χ4v) is 9.99. The minimum absolute atomic E-state index is 0.0786. The topological polar surface area (TPSA) is 20.2 Å². The molecule has 0 amide bonds. The van der Waals surface area contributed by atoms with Crippen LogP contribution in [-0.2, 0) is 0 Å². The molecule has 4 fully saturated rings. The minimum Gasteiger partial charge on any atom is -0.393 e. The molecule has 1 N–H and O–H groups in total. The Kier molecular flexibility index (Phi) is 5.82. The van der Waals surface area contributed by atoms with Gasteiger partial charge >= 0.3 is 0 Å². The highest BCUT2D eigenvalue weighted by Gasteiger charge is 2.68. The van der Waals surface area contributed by atoms with Gasteiger partial charge in [0.25, 0.3) is 0 Å². The predicted octanol–water partition coefficient (Wildman–Crippen LogP) is 8.17. The van der Waals surface area contributed by atoms with Gasteiger partial charge in [0.2, 0.25) is 0 Å². The molecule has 1 nitrogen and oxygen atoms in total. The second kappa shape index (κ2) is 7.64. The molecular formula is C29H50O. The van der Waals surface area contributed by atoms with E-state index < -0.39 is 0 Å². The molecule has 1 heteroatoms. The normalized spacial score (nSPS) is 49.7. The summed E-state index contributed by atoms with van der Waals surface area (Å²) >= 11 is 0. The Hall–Kier alpha value is -0.300. The minimum atomic E-state index is -0.108. The molecule has 0 aromatic rings. The van der Waals surface area contributed by atoms with Crippen LogP contribution in [0.25, 0.3) is 0 Å². The molecule has 0 unspecified atom stereocenters. The fourth-order valence-electron chi connectivity index (χ4n) is 9.99. The van der Waals surface area contributed by atoms with Gasteiger partial charge in [0.15, 0.2) is 0 Å². The van der Waals surface area contributed by atoms with Crippen LogP contribution in [0.5, 0.6) is 0 Å². The summed E-state index contributed by atoms with van der Waals surface area (Å²) in [6, 6.07) is 0. The van der Waals surface area contributed by atoms with Gasteiger partial charge in [0, 0.05) is 0 Å². The largest absolute Gasteiger partial charge is 0.393 e. The van der Waals surface area contributed by atoms with Crippen LogP contribution < -0.4 is 0 Å². The van der Waals surface area contributed by atoms with E-state index >= 15 is 0 Å². The Morgan fingerprint density at radius 3 is 2.23 bits per heavy atom. The van der Waals surface area contributed by atoms with Gasteiger partial charge in [0.1, 0.15) is 0 Å². The van der Waals surface area contributed by atoms with Gasteiger partial charge in [0.05, 0.1) is 6.10 Å². The molecule has 172 valence electrons. The molecule has 0 spiro atoms. The lowest BCUT2D eigenvalue weighted by atomic mass is 9.35. The third-order valence-electron chi connectivity index (χ3n) is 11.9. The lowest BCUT2D eigenvalue weighted by Gasteiger charge is -2.69. The van der Waals surface area contributed by atoms with Crippen molar-refractivity contribution in [3.05, 3.63) is 11.6 Å². The second-order valence-electron chi connectivity index (χ2n) is 13.6. The summed E-state index contributed by atoms with van der Waals surface area (Å²) in [6.45, 7) is 17.3. The number of hydrogen-bond acceptors (Lipinski definition) is 1. The van der Waals surface area contributed by atoms with Crippen molar-refractivity contribution in [2.24, 2.45) is 45.3 Å². The number of hydrogen-bond donors (Lipinski definition) is 1. The molecule has 4 aliphatic rings. The average molecular weight is 415 g/mol. The van der Waals surface area contributed by atoms with Gasteiger partial charge in [-0.05, 0) is 130 Å². The van der Waals surface area contributed by atoms with Crippen LogP contribution in [0.3, 0.4) is 0 Å². The zero-order chi connectivity index (χ0) is 21.9. The van der Waals surface area contributed by atoms with Crippen molar-refractivity contribution in [1.29, 1.82) is 0 Å². The number of fused-ring (bicyclic) bond motifs is 5. The number of allylic oxidation sites excluding steroid dienone is 2. The van der Waals surface area contributed by atoms with Gasteiger partial charge in [-0.25, -0.2) is 0 Å². The van der Waals surface area contributed by atoms with Crippen LogP contribution in [0.1, 0.15) is 119 Å². The Morgan fingerprint density at radius 2 is 1.53 bits per heavy atom. The molecule has 0 aromatic heterocycles. The summed E-state index contributed by atoms with van der Waals surface area (Å²) in [5, 5.41) is 10.8. The standard InChI is InChI=1S/C29H50O/c1-20(2)10-8-9-11-21-14-18-28(6)22(21)12-13-24-27(5)17-16-25(30)26(3,4)23(27)15-19-29(24,28)7/h10,21-25,30H,8-9,11-19H2,1-7H3/t21-,22+,23-,24+,25-,27-,28+,29+/m0/s1. The van der Waals surface area contributed by atoms with Gasteiger partial charge in [-0.1, -0.05) is 46.3 Å². The summed E-state index contributed by atoms with van der Waals surface area (Å²) in [4.78, 5) is 0. The van der Waals surface area contributed by atoms with Crippen molar-refractivity contribution in [2.45, 2.75) is 125 Å². The van der Waals surface area contributed by atoms with E-state index in [1.54, 1.807) is 0 Å². The number of aliphatic hydroxyl groups excluding tert-OH is 1. The molecule has 30 heavy (non-hydrogen) atoms. The van der Waals surface area contributed by atoms with Crippen molar-refractivity contribution in [1.82, 2.24) is 0 Å². The Balaban J connectivity index is 1.55. The zero-order valence-electron chi connectivity index (χ0n) is 21.2. The first-order chi connectivity index (χ1) is 14.0. The number of rotatable bonds is 4. The quantitative estimate of drug-likeness (QED) is 0.363. The van der Waals surface area contributed by atoms with Crippen LogP contribution in [0.15, 0.2) is 11.6 Å². The maximum atomic E-state index is 10.8. The predicted molar refractivity (Wildman–Crippen MR) is 128 cm³/mol. The van der Waals surface area contributed by atoms with E-state index in [9.17, 15) is 5.11 Å². The monoisotopic (exact) mass is 414 g/mol. The van der Waals surface area contributed by atoms with Crippen LogP contribution in [0, 0.1) is 45.3 Å². The van der Waals surface area contributed by atoms with E-state index in [1.165, 1.54) is 69.8 Å². The van der Waals surface area contributed by atoms with Gasteiger partial charge in [-0.3, -0.25) is 0 Å². The lowest BCUT2D eigenvalue weighted by Crippen LogP contribution is -2.63. The van der Waals surface area contributed by atoms with Gasteiger partial charge < -0.3 is 5.11 Å². The summed E-state index contributed by atoms with van der Waals surface area (Å²) < 4.78 is 0. The third kappa shape index (κ3) is 3.19. The van der Waals surface area contributed by atoms with E-state index in [-0.39, 0.29) is 11.5 Å². The maximum absolute atomic E-state index is 10.8. The highest BCUT2D eigenvalue weighted by Crippen LogP contribution is 2.75. The molecule has 0 heterocycles. The summed E-state index contributed by atoms with van der Waals surface area (Å²) in [6.07, 6.45) is 17.3. The summed E-state index contributed by atoms with van der Waals surface area (Å²) in [5.74, 6) is 3.45. The fraction of sp³-hybridized carbons (Fsp3) is 0.931. The van der Waals surface area contributed by atoms with Crippen molar-refractivity contribution in [3.63, 3.8) is 0 Å². The van der Waals surface area contributed by atoms with Gasteiger partial charge in [-0.15, -0.1) is 0 Å². The SMILES string of the molecule is CC(C)=CCCC[C@H]1CC[C@]2(C)[C@@H]1CC[C@@H]1[C@@]3(C)CC[C@H](O)C(C)(C)[C@@H]3CC[C@]12C. The van der Waals surface area contributed by atoms with E-state index in [2.05, 4.69) is 54.5 Å². The van der Waals surface area contributed by atoms with E-state index in [0.717, 1.165) is 24.2 Å². The van der Waals surface area contributed by atoms with Crippen molar-refractivity contribution in [3.8, 4) is 0 Å². The zero-order valence-corrected chi connectivity index (χ0v) is 21.2. The van der Waals surface area contributed by atoms with Crippen LogP contribution in [0.2, 0.25) is 0 Å². The molecule has 8 atom stereocenters. The Labute approximate surface area is 187 Å². The summed E-state index contributed by atoms with van der Waals surface area (Å²) in [5.41, 5.74) is 3.00. The van der Waals surface area contributed by atoms with Crippen LogP contribution in [-0.4, -0.2) is 11.2 Å². The Morgan fingerprint density at radius 1 is 0.833 bits per heavy atom. The Bertz CT molecular complexity index is 672. The summed E-state index contributed by atoms with van der Waals surface area (Å²) in [7, 11) is 0. The molecule has 0 aromatic carbocycles. The molecule has 0 aliphatic heterocycles. The molecule has 4 saturated carbocycles. The first-order valence-electron chi connectivity index (χ1n) is 13.3. The smallest absolute Gasteiger partial charge is 0.0594 e. The van der Waals surface area contributed by atoms with Crippen LogP contribution in [0.4, 0.5) is 0 Å². The first-order valence-corrected chi connectivity index (χ1v) is 13.3. The molecule has 0 radical (unpaired) electrons. The highest BCUT2D eigenvalue weighted by molar-refractivity contribution is 5.17. The molecule has 0 saturated heterocycles. The van der Waals surface area contributed by atoms with Crippen molar-refractivity contribution in [2.75, 3.05) is 0 Å². The third-order valence-corrected chi connectivity index (χ3v) is 11.9. The average Bonchev–Trinajstić information content (AvgIpc) is 3.00. The number of unbranched alkanes of at least 4 members (excludes halogenated alkanes) is 1. The maximum Gasteiger partial charge on any atom is 0.0594 e. The second-order valence-corrected chi connectivity index (χ2v) is 13.6. The van der Waals surface area contributed by atoms with E-state index in [1.807, 2.05) is 0 Å². The molecular weight excluding hydrogens is 364 g/mol. The van der Waals surface area contributed by atoms with E-state index in [4.69, 9.17) is 0 Å².